The van der Waals surface area contributed by atoms with E-state index in [4.69, 9.17) is 0 Å². The highest BCUT2D eigenvalue weighted by Crippen LogP contribution is 2.26. The Balaban J connectivity index is 1.57. The van der Waals surface area contributed by atoms with Crippen LogP contribution in [0.5, 0.6) is 0 Å². The van der Waals surface area contributed by atoms with Gasteiger partial charge in [-0.2, -0.15) is 0 Å². The Kier molecular flexibility index (Phi) is 5.14. The van der Waals surface area contributed by atoms with E-state index in [1.165, 1.54) is 6.07 Å². The van der Waals surface area contributed by atoms with E-state index >= 15 is 0 Å². The van der Waals surface area contributed by atoms with Crippen molar-refractivity contribution < 1.29 is 14.0 Å². The zero-order chi connectivity index (χ0) is 17.1. The molecule has 2 aliphatic rings. The predicted molar refractivity (Wildman–Crippen MR) is 88.6 cm³/mol. The lowest BCUT2D eigenvalue weighted by atomic mass is 9.99. The summed E-state index contributed by atoms with van der Waals surface area (Å²) in [6, 6.07) is 6.62. The molecule has 0 unspecified atom stereocenters. The Hall–Kier alpha value is -1.95. The number of nitrogens with one attached hydrogen (secondary N) is 1. The van der Waals surface area contributed by atoms with Gasteiger partial charge in [0.2, 0.25) is 11.8 Å². The third-order valence-electron chi connectivity index (χ3n) is 5.08. The van der Waals surface area contributed by atoms with Gasteiger partial charge in [-0.1, -0.05) is 24.6 Å². The number of carbonyl (C=O) groups is 2. The average Bonchev–Trinajstić information content (AvgIpc) is 2.73. The van der Waals surface area contributed by atoms with E-state index in [-0.39, 0.29) is 42.7 Å². The first-order chi connectivity index (χ1) is 11.5. The number of hydrogen-bond acceptors (Lipinski definition) is 3. The first kappa shape index (κ1) is 16.9. The number of hydrogen-bond donors (Lipinski definition) is 1. The molecule has 2 amide bonds. The van der Waals surface area contributed by atoms with Gasteiger partial charge in [0.15, 0.2) is 0 Å². The molecule has 0 spiro atoms. The molecular weight excluding hydrogens is 309 g/mol. The van der Waals surface area contributed by atoms with Gasteiger partial charge in [0.25, 0.3) is 0 Å². The van der Waals surface area contributed by atoms with Crippen LogP contribution >= 0.6 is 0 Å². The summed E-state index contributed by atoms with van der Waals surface area (Å²) in [6.07, 6.45) is 2.96. The van der Waals surface area contributed by atoms with E-state index in [9.17, 15) is 14.0 Å². The number of amides is 2. The Morgan fingerprint density at radius 1 is 1.29 bits per heavy atom. The van der Waals surface area contributed by atoms with Crippen LogP contribution < -0.4 is 5.32 Å². The van der Waals surface area contributed by atoms with Crippen molar-refractivity contribution in [3.8, 4) is 0 Å². The van der Waals surface area contributed by atoms with Crippen LogP contribution in [-0.4, -0.2) is 54.3 Å². The molecule has 0 aromatic heterocycles. The quantitative estimate of drug-likeness (QED) is 0.906. The minimum Gasteiger partial charge on any atom is -0.351 e. The maximum absolute atomic E-state index is 13.6. The second kappa shape index (κ2) is 7.30. The van der Waals surface area contributed by atoms with E-state index in [1.807, 2.05) is 11.9 Å². The Bertz CT molecular complexity index is 622. The van der Waals surface area contributed by atoms with E-state index in [1.54, 1.807) is 18.2 Å². The van der Waals surface area contributed by atoms with Gasteiger partial charge in [0.05, 0.1) is 12.5 Å². The summed E-state index contributed by atoms with van der Waals surface area (Å²) in [6.45, 7) is 1.80. The molecule has 6 heteroatoms. The number of rotatable bonds is 4. The molecule has 1 aromatic carbocycles. The molecule has 1 N–H and O–H groups in total. The SMILES string of the molecule is CN1C(=O)[C@@H]2CCC[C@H]1CN(CC(=O)NCc1ccccc1F)C2. The summed E-state index contributed by atoms with van der Waals surface area (Å²) in [4.78, 5) is 28.5. The fourth-order valence-electron chi connectivity index (χ4n) is 3.68. The highest BCUT2D eigenvalue weighted by Gasteiger charge is 2.36. The molecule has 2 bridgehead atoms. The van der Waals surface area contributed by atoms with Gasteiger partial charge in [-0.25, -0.2) is 4.39 Å². The number of carbonyl (C=O) groups excluding carboxylic acids is 2. The molecule has 130 valence electrons. The van der Waals surface area contributed by atoms with Gasteiger partial charge < -0.3 is 10.2 Å². The molecule has 0 radical (unpaired) electrons. The summed E-state index contributed by atoms with van der Waals surface area (Å²) >= 11 is 0. The molecular formula is C18H24FN3O2. The van der Waals surface area contributed by atoms with Crippen molar-refractivity contribution in [2.24, 2.45) is 5.92 Å². The van der Waals surface area contributed by atoms with Crippen LogP contribution in [0.15, 0.2) is 24.3 Å². The van der Waals surface area contributed by atoms with Crippen molar-refractivity contribution in [3.05, 3.63) is 35.6 Å². The van der Waals surface area contributed by atoms with E-state index < -0.39 is 0 Å². The van der Waals surface area contributed by atoms with E-state index in [2.05, 4.69) is 10.2 Å². The fraction of sp³-hybridized carbons (Fsp3) is 0.556. The van der Waals surface area contributed by atoms with Crippen molar-refractivity contribution in [3.63, 3.8) is 0 Å². The Labute approximate surface area is 141 Å². The lowest BCUT2D eigenvalue weighted by Crippen LogP contribution is -2.43. The first-order valence-corrected chi connectivity index (χ1v) is 8.53. The van der Waals surface area contributed by atoms with Crippen LogP contribution in [0.1, 0.15) is 24.8 Å². The molecule has 1 aromatic rings. The molecule has 0 saturated carbocycles. The maximum atomic E-state index is 13.6. The van der Waals surface area contributed by atoms with Crippen molar-refractivity contribution in [1.29, 1.82) is 0 Å². The largest absolute Gasteiger partial charge is 0.351 e. The molecule has 2 fully saturated rings. The van der Waals surface area contributed by atoms with Crippen LogP contribution in [0, 0.1) is 11.7 Å². The number of fused-ring (bicyclic) bond motifs is 3. The summed E-state index contributed by atoms with van der Waals surface area (Å²) in [5.41, 5.74) is 0.480. The van der Waals surface area contributed by atoms with E-state index in [0.717, 1.165) is 25.8 Å². The van der Waals surface area contributed by atoms with Crippen LogP contribution in [0.2, 0.25) is 0 Å². The molecule has 0 aliphatic carbocycles. The van der Waals surface area contributed by atoms with Crippen molar-refractivity contribution in [2.75, 3.05) is 26.7 Å². The minimum absolute atomic E-state index is 0.0122. The third kappa shape index (κ3) is 3.75. The Morgan fingerprint density at radius 3 is 2.88 bits per heavy atom. The van der Waals surface area contributed by atoms with Crippen LogP contribution in [0.4, 0.5) is 4.39 Å². The van der Waals surface area contributed by atoms with Gasteiger partial charge >= 0.3 is 0 Å². The number of nitrogens with zero attached hydrogens (tertiary/aromatic N) is 2. The van der Waals surface area contributed by atoms with Crippen LogP contribution in [-0.2, 0) is 16.1 Å². The maximum Gasteiger partial charge on any atom is 0.234 e. The highest BCUT2D eigenvalue weighted by molar-refractivity contribution is 5.81. The fourth-order valence-corrected chi connectivity index (χ4v) is 3.68. The molecule has 24 heavy (non-hydrogen) atoms. The molecule has 2 heterocycles. The van der Waals surface area contributed by atoms with E-state index in [0.29, 0.717) is 12.1 Å². The zero-order valence-electron chi connectivity index (χ0n) is 14.0. The number of benzene rings is 1. The topological polar surface area (TPSA) is 52.7 Å². The van der Waals surface area contributed by atoms with Crippen LogP contribution in [0.25, 0.3) is 0 Å². The standard InChI is InChI=1S/C18H24FN3O2/c1-21-15-7-4-6-14(18(21)24)10-22(11-15)12-17(23)20-9-13-5-2-3-8-16(13)19/h2-3,5,8,14-15H,4,6-7,9-12H2,1H3,(H,20,23)/t14-,15+/m1/s1. The second-order valence-electron chi connectivity index (χ2n) is 6.79. The van der Waals surface area contributed by atoms with Crippen molar-refractivity contribution in [1.82, 2.24) is 15.1 Å². The average molecular weight is 333 g/mol. The molecule has 3 rings (SSSR count). The zero-order valence-corrected chi connectivity index (χ0v) is 14.0. The molecule has 2 atom stereocenters. The number of likely N-dealkylation sites (N-methyl/N-ethyl adjacent to an activating group) is 1. The van der Waals surface area contributed by atoms with Gasteiger partial charge in [-0.05, 0) is 18.9 Å². The Morgan fingerprint density at radius 2 is 2.08 bits per heavy atom. The summed E-state index contributed by atoms with van der Waals surface area (Å²) in [5.74, 6) is -0.253. The first-order valence-electron chi connectivity index (χ1n) is 8.53. The van der Waals surface area contributed by atoms with Gasteiger partial charge in [-0.15, -0.1) is 0 Å². The number of likely N-dealkylation sites (tertiary alicyclic amines) is 1. The van der Waals surface area contributed by atoms with Gasteiger partial charge in [0.1, 0.15) is 5.82 Å². The van der Waals surface area contributed by atoms with Gasteiger partial charge in [-0.3, -0.25) is 14.5 Å². The van der Waals surface area contributed by atoms with Gasteiger partial charge in [0, 0.05) is 38.3 Å². The predicted octanol–water partition coefficient (Wildman–Crippen LogP) is 1.38. The second-order valence-corrected chi connectivity index (χ2v) is 6.79. The normalized spacial score (nSPS) is 24.6. The smallest absolute Gasteiger partial charge is 0.234 e. The highest BCUT2D eigenvalue weighted by atomic mass is 19.1. The molecule has 2 saturated heterocycles. The molecule has 5 nitrogen and oxygen atoms in total. The molecule has 2 aliphatic heterocycles. The van der Waals surface area contributed by atoms with Crippen LogP contribution in [0.3, 0.4) is 0 Å². The summed E-state index contributed by atoms with van der Waals surface area (Å²) in [5, 5.41) is 2.78. The number of halogens is 1. The lowest BCUT2D eigenvalue weighted by Gasteiger charge is -2.28. The monoisotopic (exact) mass is 333 g/mol. The summed E-state index contributed by atoms with van der Waals surface area (Å²) < 4.78 is 13.6. The third-order valence-corrected chi connectivity index (χ3v) is 5.08. The summed E-state index contributed by atoms with van der Waals surface area (Å²) in [7, 11) is 1.87. The van der Waals surface area contributed by atoms with Crippen molar-refractivity contribution >= 4 is 11.8 Å². The van der Waals surface area contributed by atoms with Crippen molar-refractivity contribution in [2.45, 2.75) is 31.8 Å². The lowest BCUT2D eigenvalue weighted by molar-refractivity contribution is -0.134. The minimum atomic E-state index is -0.311.